The molecule has 6 heteroatoms. The zero-order chi connectivity index (χ0) is 25.4. The fourth-order valence-electron chi connectivity index (χ4n) is 8.89. The van der Waals surface area contributed by atoms with E-state index in [1.54, 1.807) is 6.92 Å². The minimum atomic E-state index is -0.859. The predicted octanol–water partition coefficient (Wildman–Crippen LogP) is 6.42. The van der Waals surface area contributed by atoms with Crippen LogP contribution in [0.25, 0.3) is 0 Å². The van der Waals surface area contributed by atoms with Crippen LogP contribution in [0.2, 0.25) is 0 Å². The smallest absolute Gasteiger partial charge is 0.334 e. The van der Waals surface area contributed by atoms with Crippen molar-refractivity contribution in [3.05, 3.63) is 11.3 Å². The summed E-state index contributed by atoms with van der Waals surface area (Å²) >= 11 is 0. The molecular formula is C30H48O6. The van der Waals surface area contributed by atoms with E-state index in [0.717, 1.165) is 109 Å². The molecule has 6 nitrogen and oxygen atoms in total. The fourth-order valence-corrected chi connectivity index (χ4v) is 8.89. The van der Waals surface area contributed by atoms with E-state index in [-0.39, 0.29) is 22.2 Å². The third kappa shape index (κ3) is 4.99. The van der Waals surface area contributed by atoms with E-state index < -0.39 is 5.97 Å². The highest BCUT2D eigenvalue weighted by Crippen LogP contribution is 2.65. The molecule has 0 amide bonds. The lowest BCUT2D eigenvalue weighted by Crippen LogP contribution is -2.58. The monoisotopic (exact) mass is 504 g/mol. The number of carboxylic acid groups (broad SMARTS) is 1. The minimum Gasteiger partial charge on any atom is -0.497 e. The van der Waals surface area contributed by atoms with Crippen LogP contribution in [-0.4, -0.2) is 54.3 Å². The molecule has 2 aliphatic heterocycles. The molecule has 204 valence electrons. The normalized spacial score (nSPS) is 41.4. The molecule has 6 rings (SSSR count). The van der Waals surface area contributed by atoms with Gasteiger partial charge >= 0.3 is 5.97 Å². The first kappa shape index (κ1) is 26.5. The van der Waals surface area contributed by atoms with Crippen molar-refractivity contribution in [1.82, 2.24) is 0 Å². The summed E-state index contributed by atoms with van der Waals surface area (Å²) < 4.78 is 25.4. The van der Waals surface area contributed by atoms with E-state index in [4.69, 9.17) is 18.9 Å². The summed E-state index contributed by atoms with van der Waals surface area (Å²) in [5, 5.41) is 10.0. The van der Waals surface area contributed by atoms with Crippen molar-refractivity contribution in [2.45, 2.75) is 127 Å². The molecule has 0 aromatic rings. The molecular weight excluding hydrogens is 456 g/mol. The van der Waals surface area contributed by atoms with Gasteiger partial charge in [-0.3, -0.25) is 0 Å². The first-order valence-electron chi connectivity index (χ1n) is 14.8. The number of aliphatic carboxylic acids is 1. The van der Waals surface area contributed by atoms with E-state index in [1.165, 1.54) is 6.42 Å². The van der Waals surface area contributed by atoms with Gasteiger partial charge in [0.25, 0.3) is 0 Å². The van der Waals surface area contributed by atoms with E-state index in [0.29, 0.717) is 24.0 Å². The Balaban J connectivity index is 1.30. The average Bonchev–Trinajstić information content (AvgIpc) is 2.76. The van der Waals surface area contributed by atoms with Crippen molar-refractivity contribution in [3.63, 3.8) is 0 Å². The lowest BCUT2D eigenvalue weighted by atomic mass is 9.47. The molecule has 4 unspecified atom stereocenters. The van der Waals surface area contributed by atoms with Crippen LogP contribution in [-0.2, 0) is 23.7 Å². The van der Waals surface area contributed by atoms with Crippen molar-refractivity contribution >= 4 is 5.97 Å². The number of allylic oxidation sites excluding steroid dienone is 1. The predicted molar refractivity (Wildman–Crippen MR) is 138 cm³/mol. The van der Waals surface area contributed by atoms with Gasteiger partial charge in [-0.15, -0.1) is 0 Å². The number of hydrogen-bond acceptors (Lipinski definition) is 5. The Morgan fingerprint density at radius 3 is 1.92 bits per heavy atom. The average molecular weight is 505 g/mol. The van der Waals surface area contributed by atoms with Gasteiger partial charge in [-0.2, -0.15) is 0 Å². The van der Waals surface area contributed by atoms with Gasteiger partial charge in [0.05, 0.1) is 48.8 Å². The molecule has 2 saturated heterocycles. The molecule has 0 radical (unpaired) electrons. The molecule has 0 aromatic heterocycles. The molecule has 6 fully saturated rings. The van der Waals surface area contributed by atoms with E-state index in [9.17, 15) is 9.90 Å². The van der Waals surface area contributed by atoms with Crippen molar-refractivity contribution in [1.29, 1.82) is 0 Å². The van der Waals surface area contributed by atoms with Crippen molar-refractivity contribution < 1.29 is 28.8 Å². The Morgan fingerprint density at radius 2 is 1.44 bits per heavy atom. The Morgan fingerprint density at radius 1 is 0.889 bits per heavy atom. The van der Waals surface area contributed by atoms with Crippen LogP contribution < -0.4 is 0 Å². The highest BCUT2D eigenvalue weighted by Gasteiger charge is 2.61. The largest absolute Gasteiger partial charge is 0.497 e. The summed E-state index contributed by atoms with van der Waals surface area (Å²) in [7, 11) is 0. The van der Waals surface area contributed by atoms with E-state index >= 15 is 0 Å². The van der Waals surface area contributed by atoms with Gasteiger partial charge < -0.3 is 24.1 Å². The fraction of sp³-hybridized carbons (Fsp3) is 0.900. The van der Waals surface area contributed by atoms with Crippen molar-refractivity contribution in [2.75, 3.05) is 26.4 Å². The van der Waals surface area contributed by atoms with Crippen molar-refractivity contribution in [2.24, 2.45) is 17.3 Å². The number of ether oxygens (including phenoxy) is 4. The Bertz CT molecular complexity index is 824. The van der Waals surface area contributed by atoms with Crippen LogP contribution in [0.1, 0.15) is 111 Å². The molecule has 36 heavy (non-hydrogen) atoms. The van der Waals surface area contributed by atoms with E-state index in [2.05, 4.69) is 13.8 Å². The first-order valence-corrected chi connectivity index (χ1v) is 14.8. The summed E-state index contributed by atoms with van der Waals surface area (Å²) in [6.07, 6.45) is 14.9. The maximum Gasteiger partial charge on any atom is 0.334 e. The van der Waals surface area contributed by atoms with Gasteiger partial charge in [0.15, 0.2) is 0 Å². The molecule has 0 aromatic carbocycles. The molecule has 4 saturated carbocycles. The lowest BCUT2D eigenvalue weighted by molar-refractivity contribution is -0.212. The standard InChI is InChI=1S/C30H48O6/c1-4-6-28(9-13-34-28)8-12-33-25(22(3)26(31)32)27-17-23-16-24(18-27)20-30(19-23,21-27)36-15-11-29(7-5-2)10-14-35-29/h23-24H,4-21H2,1-3H3,(H,31,32). The van der Waals surface area contributed by atoms with Gasteiger partial charge in [0.1, 0.15) is 5.76 Å². The third-order valence-electron chi connectivity index (χ3n) is 10.3. The molecule has 4 aliphatic carbocycles. The number of carbonyl (C=O) groups is 1. The summed E-state index contributed by atoms with van der Waals surface area (Å²) in [5.74, 6) is 1.07. The van der Waals surface area contributed by atoms with Crippen LogP contribution in [0, 0.1) is 17.3 Å². The summed E-state index contributed by atoms with van der Waals surface area (Å²) in [4.78, 5) is 12.2. The summed E-state index contributed by atoms with van der Waals surface area (Å²) in [5.41, 5.74) is -0.00788. The van der Waals surface area contributed by atoms with Crippen LogP contribution in [0.15, 0.2) is 11.3 Å². The minimum absolute atomic E-state index is 0.0286. The number of rotatable bonds is 14. The number of carboxylic acids is 1. The molecule has 1 N–H and O–H groups in total. The lowest BCUT2D eigenvalue weighted by Gasteiger charge is -2.62. The quantitative estimate of drug-likeness (QED) is 0.217. The van der Waals surface area contributed by atoms with Gasteiger partial charge in [-0.05, 0) is 89.4 Å². The summed E-state index contributed by atoms with van der Waals surface area (Å²) in [6, 6.07) is 0. The third-order valence-corrected chi connectivity index (χ3v) is 10.3. The van der Waals surface area contributed by atoms with Gasteiger partial charge in [-0.1, -0.05) is 26.7 Å². The maximum absolute atomic E-state index is 12.2. The van der Waals surface area contributed by atoms with Crippen LogP contribution in [0.4, 0.5) is 0 Å². The Hall–Kier alpha value is -1.11. The van der Waals surface area contributed by atoms with Crippen molar-refractivity contribution in [3.8, 4) is 0 Å². The first-order chi connectivity index (χ1) is 17.3. The van der Waals surface area contributed by atoms with Gasteiger partial charge in [-0.25, -0.2) is 4.79 Å². The zero-order valence-corrected chi connectivity index (χ0v) is 22.9. The maximum atomic E-state index is 12.2. The van der Waals surface area contributed by atoms with Gasteiger partial charge in [0, 0.05) is 11.8 Å². The zero-order valence-electron chi connectivity index (χ0n) is 22.9. The van der Waals surface area contributed by atoms with Crippen LogP contribution in [0.3, 0.4) is 0 Å². The second-order valence-electron chi connectivity index (χ2n) is 12.9. The molecule has 4 atom stereocenters. The molecule has 2 heterocycles. The summed E-state index contributed by atoms with van der Waals surface area (Å²) in [6.45, 7) is 9.14. The van der Waals surface area contributed by atoms with Crippen LogP contribution in [0.5, 0.6) is 0 Å². The second kappa shape index (κ2) is 10.2. The second-order valence-corrected chi connectivity index (χ2v) is 12.9. The molecule has 6 aliphatic rings. The molecule has 0 spiro atoms. The van der Waals surface area contributed by atoms with Crippen LogP contribution >= 0.6 is 0 Å². The van der Waals surface area contributed by atoms with E-state index in [1.807, 2.05) is 0 Å². The van der Waals surface area contributed by atoms with Gasteiger partial charge in [0.2, 0.25) is 0 Å². The highest BCUT2D eigenvalue weighted by molar-refractivity contribution is 5.86. The number of hydrogen-bond donors (Lipinski definition) is 1. The highest BCUT2D eigenvalue weighted by atomic mass is 16.5. The Kier molecular flexibility index (Phi) is 7.52. The SMILES string of the molecule is CCCC1(CCOC(=C(C)C(=O)O)C23CC4CC(CC(OCCC5(CCC)CCO5)(C4)C2)C3)CCO1. The topological polar surface area (TPSA) is 74.2 Å². The Labute approximate surface area is 217 Å². The molecule has 4 bridgehead atoms.